The molecule has 0 aromatic heterocycles. The first-order chi connectivity index (χ1) is 6.24. The third-order valence-electron chi connectivity index (χ3n) is 1.96. The molecule has 1 nitrogen and oxygen atoms in total. The minimum atomic E-state index is 0.000191. The molecule has 0 fully saturated rings. The fraction of sp³-hybridized carbons (Fsp3) is 0.250. The van der Waals surface area contributed by atoms with Gasteiger partial charge in [-0.25, -0.2) is 0 Å². The summed E-state index contributed by atoms with van der Waals surface area (Å²) in [7, 11) is 0. The van der Waals surface area contributed by atoms with Gasteiger partial charge in [-0.05, 0) is 18.1 Å². The van der Waals surface area contributed by atoms with Crippen LogP contribution < -0.4 is 0 Å². The van der Waals surface area contributed by atoms with E-state index in [1.807, 2.05) is 50.3 Å². The van der Waals surface area contributed by atoms with Crippen LogP contribution in [0.5, 0.6) is 0 Å². The molecule has 1 aromatic rings. The van der Waals surface area contributed by atoms with Crippen molar-refractivity contribution in [2.24, 2.45) is 5.92 Å². The first-order valence-electron chi connectivity index (χ1n) is 4.43. The quantitative estimate of drug-likeness (QED) is 0.644. The van der Waals surface area contributed by atoms with Gasteiger partial charge >= 0.3 is 0 Å². The van der Waals surface area contributed by atoms with Gasteiger partial charge in [0.15, 0.2) is 0 Å². The van der Waals surface area contributed by atoms with E-state index in [1.54, 1.807) is 0 Å². The van der Waals surface area contributed by atoms with Gasteiger partial charge in [0.1, 0.15) is 6.29 Å². The van der Waals surface area contributed by atoms with Gasteiger partial charge in [-0.15, -0.1) is 0 Å². The molecule has 0 amide bonds. The molecule has 0 bridgehead atoms. The Bertz CT molecular complexity index is 298. The lowest BCUT2D eigenvalue weighted by molar-refractivity contribution is -0.109. The standard InChI is InChI=1S/C12H14O/c1-10(9-13)8-11(2)12-6-4-3-5-7-12/h3-10H,1-2H3. The van der Waals surface area contributed by atoms with Crippen LogP contribution in [-0.4, -0.2) is 6.29 Å². The molecule has 0 aliphatic carbocycles. The molecule has 0 heterocycles. The van der Waals surface area contributed by atoms with Crippen LogP contribution in [0.4, 0.5) is 0 Å². The first-order valence-corrected chi connectivity index (χ1v) is 4.43. The number of carbonyl (C=O) groups excluding carboxylic acids is 1. The van der Waals surface area contributed by atoms with Crippen LogP contribution in [0.2, 0.25) is 0 Å². The molecule has 0 spiro atoms. The highest BCUT2D eigenvalue weighted by atomic mass is 16.1. The van der Waals surface area contributed by atoms with E-state index in [0.717, 1.165) is 11.9 Å². The zero-order chi connectivity index (χ0) is 9.68. The normalized spacial score (nSPS) is 13.8. The molecule has 13 heavy (non-hydrogen) atoms. The molecular weight excluding hydrogens is 160 g/mol. The topological polar surface area (TPSA) is 17.1 Å². The maximum Gasteiger partial charge on any atom is 0.126 e. The van der Waals surface area contributed by atoms with Crippen molar-refractivity contribution in [2.75, 3.05) is 0 Å². The number of aldehydes is 1. The second-order valence-electron chi connectivity index (χ2n) is 3.21. The fourth-order valence-corrected chi connectivity index (χ4v) is 1.23. The minimum Gasteiger partial charge on any atom is -0.303 e. The van der Waals surface area contributed by atoms with E-state index in [1.165, 1.54) is 5.56 Å². The summed E-state index contributed by atoms with van der Waals surface area (Å²) >= 11 is 0. The Morgan fingerprint density at radius 1 is 1.31 bits per heavy atom. The zero-order valence-electron chi connectivity index (χ0n) is 8.03. The Morgan fingerprint density at radius 2 is 1.92 bits per heavy atom. The maximum absolute atomic E-state index is 10.4. The van der Waals surface area contributed by atoms with Crippen LogP contribution >= 0.6 is 0 Å². The number of rotatable bonds is 3. The monoisotopic (exact) mass is 174 g/mol. The van der Waals surface area contributed by atoms with Crippen molar-refractivity contribution in [3.8, 4) is 0 Å². The van der Waals surface area contributed by atoms with Gasteiger partial charge in [0, 0.05) is 5.92 Å². The van der Waals surface area contributed by atoms with Gasteiger partial charge in [-0.1, -0.05) is 43.3 Å². The van der Waals surface area contributed by atoms with Crippen LogP contribution in [0, 0.1) is 5.92 Å². The van der Waals surface area contributed by atoms with Gasteiger partial charge in [-0.3, -0.25) is 0 Å². The molecule has 0 saturated heterocycles. The van der Waals surface area contributed by atoms with E-state index in [0.29, 0.717) is 0 Å². The lowest BCUT2D eigenvalue weighted by Crippen LogP contribution is -1.91. The van der Waals surface area contributed by atoms with E-state index >= 15 is 0 Å². The number of allylic oxidation sites excluding steroid dienone is 2. The van der Waals surface area contributed by atoms with Crippen LogP contribution in [-0.2, 0) is 4.79 Å². The summed E-state index contributed by atoms with van der Waals surface area (Å²) in [5, 5.41) is 0. The summed E-state index contributed by atoms with van der Waals surface area (Å²) in [6.07, 6.45) is 2.93. The largest absolute Gasteiger partial charge is 0.303 e. The van der Waals surface area contributed by atoms with Crippen molar-refractivity contribution >= 4 is 11.9 Å². The van der Waals surface area contributed by atoms with Gasteiger partial charge in [0.2, 0.25) is 0 Å². The smallest absolute Gasteiger partial charge is 0.126 e. The molecule has 0 saturated carbocycles. The summed E-state index contributed by atoms with van der Waals surface area (Å²) in [6.45, 7) is 3.91. The van der Waals surface area contributed by atoms with Crippen molar-refractivity contribution in [3.63, 3.8) is 0 Å². The van der Waals surface area contributed by atoms with E-state index in [2.05, 4.69) is 0 Å². The molecule has 1 unspecified atom stereocenters. The molecular formula is C12H14O. The lowest BCUT2D eigenvalue weighted by Gasteiger charge is -2.02. The van der Waals surface area contributed by atoms with Crippen LogP contribution in [0.25, 0.3) is 5.57 Å². The lowest BCUT2D eigenvalue weighted by atomic mass is 10.0. The number of hydrogen-bond donors (Lipinski definition) is 0. The predicted octanol–water partition coefficient (Wildman–Crippen LogP) is 2.92. The van der Waals surface area contributed by atoms with Crippen molar-refractivity contribution in [1.82, 2.24) is 0 Å². The summed E-state index contributed by atoms with van der Waals surface area (Å²) in [6, 6.07) is 10.1. The molecule has 1 aromatic carbocycles. The maximum atomic E-state index is 10.4. The minimum absolute atomic E-state index is 0.000191. The molecule has 0 aliphatic rings. The Kier molecular flexibility index (Phi) is 3.44. The zero-order valence-corrected chi connectivity index (χ0v) is 8.03. The second kappa shape index (κ2) is 4.61. The summed E-state index contributed by atoms with van der Waals surface area (Å²) in [5.74, 6) is 0.000191. The molecule has 1 atom stereocenters. The average molecular weight is 174 g/mol. The van der Waals surface area contributed by atoms with Crippen molar-refractivity contribution in [3.05, 3.63) is 42.0 Å². The van der Waals surface area contributed by atoms with Crippen molar-refractivity contribution in [2.45, 2.75) is 13.8 Å². The van der Waals surface area contributed by atoms with Crippen LogP contribution in [0.15, 0.2) is 36.4 Å². The van der Waals surface area contributed by atoms with E-state index in [4.69, 9.17) is 0 Å². The molecule has 0 radical (unpaired) electrons. The highest BCUT2D eigenvalue weighted by molar-refractivity contribution is 5.68. The summed E-state index contributed by atoms with van der Waals surface area (Å²) in [5.41, 5.74) is 2.33. The molecule has 0 aliphatic heterocycles. The third-order valence-corrected chi connectivity index (χ3v) is 1.96. The Hall–Kier alpha value is -1.37. The van der Waals surface area contributed by atoms with E-state index in [-0.39, 0.29) is 5.92 Å². The number of hydrogen-bond acceptors (Lipinski definition) is 1. The van der Waals surface area contributed by atoms with Gasteiger partial charge < -0.3 is 4.79 Å². The average Bonchev–Trinajstić information content (AvgIpc) is 2.19. The second-order valence-corrected chi connectivity index (χ2v) is 3.21. The fourth-order valence-electron chi connectivity index (χ4n) is 1.23. The Labute approximate surface area is 79.1 Å². The third kappa shape index (κ3) is 2.86. The highest BCUT2D eigenvalue weighted by Gasteiger charge is 1.97. The Morgan fingerprint density at radius 3 is 2.46 bits per heavy atom. The van der Waals surface area contributed by atoms with Crippen molar-refractivity contribution < 1.29 is 4.79 Å². The van der Waals surface area contributed by atoms with Gasteiger partial charge in [0.05, 0.1) is 0 Å². The van der Waals surface area contributed by atoms with Gasteiger partial charge in [0.25, 0.3) is 0 Å². The van der Waals surface area contributed by atoms with E-state index < -0.39 is 0 Å². The number of benzene rings is 1. The van der Waals surface area contributed by atoms with Crippen LogP contribution in [0.1, 0.15) is 19.4 Å². The highest BCUT2D eigenvalue weighted by Crippen LogP contribution is 2.14. The van der Waals surface area contributed by atoms with Crippen molar-refractivity contribution in [1.29, 1.82) is 0 Å². The molecule has 1 heteroatoms. The SMILES string of the molecule is CC(=CC(C)C=O)c1ccccc1. The molecule has 0 N–H and O–H groups in total. The van der Waals surface area contributed by atoms with E-state index in [9.17, 15) is 4.79 Å². The predicted molar refractivity (Wildman–Crippen MR) is 55.3 cm³/mol. The molecule has 68 valence electrons. The summed E-state index contributed by atoms with van der Waals surface area (Å²) in [4.78, 5) is 10.4. The summed E-state index contributed by atoms with van der Waals surface area (Å²) < 4.78 is 0. The molecule has 1 rings (SSSR count). The van der Waals surface area contributed by atoms with Gasteiger partial charge in [-0.2, -0.15) is 0 Å². The number of carbonyl (C=O) groups is 1. The van der Waals surface area contributed by atoms with Crippen LogP contribution in [0.3, 0.4) is 0 Å². The Balaban J connectivity index is 2.84. The first kappa shape index (κ1) is 9.72.